The summed E-state index contributed by atoms with van der Waals surface area (Å²) in [5, 5.41) is 9.09. The average molecular weight is 400 g/mol. The smallest absolute Gasteiger partial charge is 0.335 e. The number of nitrogens with zero attached hydrogens (tertiary/aromatic N) is 1. The van der Waals surface area contributed by atoms with Crippen molar-refractivity contribution >= 4 is 5.97 Å². The summed E-state index contributed by atoms with van der Waals surface area (Å²) in [6.45, 7) is 1.75. The number of benzene rings is 2. The van der Waals surface area contributed by atoms with Crippen molar-refractivity contribution < 1.29 is 14.3 Å². The van der Waals surface area contributed by atoms with Crippen LogP contribution in [-0.2, 0) is 6.54 Å². The third-order valence-corrected chi connectivity index (χ3v) is 5.47. The van der Waals surface area contributed by atoms with Gasteiger partial charge >= 0.3 is 5.97 Å². The van der Waals surface area contributed by atoms with E-state index in [0.717, 1.165) is 49.9 Å². The van der Waals surface area contributed by atoms with E-state index in [4.69, 9.17) is 5.11 Å². The van der Waals surface area contributed by atoms with Crippen LogP contribution >= 0.6 is 0 Å². The number of carboxylic acid groups (broad SMARTS) is 1. The summed E-state index contributed by atoms with van der Waals surface area (Å²) >= 11 is 0. The monoisotopic (exact) mass is 399 g/mol. The molecule has 0 saturated carbocycles. The number of hydrogen-bond donors (Lipinski definition) is 3. The van der Waals surface area contributed by atoms with Crippen molar-refractivity contribution in [3.63, 3.8) is 0 Å². The maximum Gasteiger partial charge on any atom is 0.335 e. The second-order valence-corrected chi connectivity index (χ2v) is 7.92. The molecule has 1 fully saturated rings. The minimum atomic E-state index is -0.883. The summed E-state index contributed by atoms with van der Waals surface area (Å²) in [5.41, 5.74) is 9.17. The zero-order valence-corrected chi connectivity index (χ0v) is 16.9. The van der Waals surface area contributed by atoms with E-state index in [9.17, 15) is 9.18 Å². The fourth-order valence-electron chi connectivity index (χ4n) is 3.87. The first-order valence-corrected chi connectivity index (χ1v) is 10.3. The molecule has 0 aliphatic carbocycles. The topological polar surface area (TPSA) is 64.6 Å². The lowest BCUT2D eigenvalue weighted by Crippen LogP contribution is -2.30. The molecule has 1 aliphatic heterocycles. The van der Waals surface area contributed by atoms with Crippen LogP contribution in [0.1, 0.15) is 59.6 Å². The molecule has 6 heteroatoms. The molecule has 0 radical (unpaired) electrons. The van der Waals surface area contributed by atoms with E-state index >= 15 is 0 Å². The van der Waals surface area contributed by atoms with Gasteiger partial charge in [0.15, 0.2) is 0 Å². The molecule has 1 saturated heterocycles. The highest BCUT2D eigenvalue weighted by Crippen LogP contribution is 2.24. The lowest BCUT2D eigenvalue weighted by molar-refractivity contribution is 0.0696. The van der Waals surface area contributed by atoms with Gasteiger partial charge in [0.05, 0.1) is 5.56 Å². The maximum absolute atomic E-state index is 13.1. The molecule has 2 aromatic rings. The van der Waals surface area contributed by atoms with Crippen molar-refractivity contribution in [3.8, 4) is 0 Å². The van der Waals surface area contributed by atoms with Crippen LogP contribution in [0.2, 0.25) is 0 Å². The third-order valence-electron chi connectivity index (χ3n) is 5.47. The molecule has 2 atom stereocenters. The maximum atomic E-state index is 13.1. The van der Waals surface area contributed by atoms with Crippen LogP contribution in [0.4, 0.5) is 4.39 Å². The number of hydrazine groups is 1. The molecule has 3 N–H and O–H groups in total. The van der Waals surface area contributed by atoms with E-state index in [2.05, 4.69) is 22.8 Å². The molecule has 1 heterocycles. The number of carboxylic acids is 1. The van der Waals surface area contributed by atoms with E-state index in [1.807, 2.05) is 18.2 Å². The van der Waals surface area contributed by atoms with Crippen molar-refractivity contribution in [2.45, 2.75) is 50.7 Å². The third kappa shape index (κ3) is 6.63. The lowest BCUT2D eigenvalue weighted by atomic mass is 9.99. The molecular formula is C23H30FN3O2. The molecular weight excluding hydrogens is 369 g/mol. The minimum absolute atomic E-state index is 0.198. The van der Waals surface area contributed by atoms with Gasteiger partial charge in [0.2, 0.25) is 0 Å². The van der Waals surface area contributed by atoms with Gasteiger partial charge in [0, 0.05) is 18.6 Å². The fourth-order valence-corrected chi connectivity index (χ4v) is 3.87. The van der Waals surface area contributed by atoms with Crippen molar-refractivity contribution in [1.82, 2.24) is 15.8 Å². The zero-order valence-electron chi connectivity index (χ0n) is 16.9. The van der Waals surface area contributed by atoms with Crippen LogP contribution < -0.4 is 10.9 Å². The van der Waals surface area contributed by atoms with Gasteiger partial charge in [-0.05, 0) is 68.2 Å². The SMILES string of the molecule is CN(CCCCCC1CC(c2ccc(F)cc2)NN1)Cc1cccc(C(=O)O)c1. The fraction of sp³-hybridized carbons (Fsp3) is 0.435. The highest BCUT2D eigenvalue weighted by atomic mass is 19.1. The van der Waals surface area contributed by atoms with Crippen LogP contribution in [0.3, 0.4) is 0 Å². The Morgan fingerprint density at radius 2 is 1.93 bits per heavy atom. The zero-order chi connectivity index (χ0) is 20.6. The normalized spacial score (nSPS) is 19.0. The summed E-state index contributed by atoms with van der Waals surface area (Å²) in [4.78, 5) is 13.3. The van der Waals surface area contributed by atoms with Crippen LogP contribution in [0.25, 0.3) is 0 Å². The molecule has 0 amide bonds. The lowest BCUT2D eigenvalue weighted by Gasteiger charge is -2.17. The number of rotatable bonds is 10. The van der Waals surface area contributed by atoms with Gasteiger partial charge in [-0.15, -0.1) is 0 Å². The Kier molecular flexibility index (Phi) is 7.75. The summed E-state index contributed by atoms with van der Waals surface area (Å²) in [6, 6.07) is 14.5. The number of aromatic carboxylic acids is 1. The van der Waals surface area contributed by atoms with E-state index in [-0.39, 0.29) is 11.9 Å². The Bertz CT molecular complexity index is 797. The molecule has 1 aliphatic rings. The predicted octanol–water partition coefficient (Wildman–Crippen LogP) is 4.12. The van der Waals surface area contributed by atoms with Gasteiger partial charge in [-0.1, -0.05) is 37.1 Å². The van der Waals surface area contributed by atoms with E-state index in [1.165, 1.54) is 18.6 Å². The first kappa shape index (κ1) is 21.4. The molecule has 2 unspecified atom stereocenters. The standard InChI is InChI=1S/C23H30FN3O2/c1-27(16-17-6-5-7-19(14-17)23(28)29)13-4-2-3-8-21-15-22(26-25-21)18-9-11-20(24)12-10-18/h5-7,9-12,14,21-22,25-26H,2-4,8,13,15-16H2,1H3,(H,28,29). The van der Waals surface area contributed by atoms with E-state index < -0.39 is 5.97 Å². The molecule has 0 bridgehead atoms. The molecule has 2 aromatic carbocycles. The van der Waals surface area contributed by atoms with Gasteiger partial charge in [0.1, 0.15) is 5.82 Å². The second-order valence-electron chi connectivity index (χ2n) is 7.92. The highest BCUT2D eigenvalue weighted by Gasteiger charge is 2.24. The first-order chi connectivity index (χ1) is 14.0. The van der Waals surface area contributed by atoms with Gasteiger partial charge < -0.3 is 10.0 Å². The van der Waals surface area contributed by atoms with Gasteiger partial charge in [-0.3, -0.25) is 10.9 Å². The quantitative estimate of drug-likeness (QED) is 0.525. The Hall–Kier alpha value is -2.28. The van der Waals surface area contributed by atoms with E-state index in [0.29, 0.717) is 11.6 Å². The highest BCUT2D eigenvalue weighted by molar-refractivity contribution is 5.87. The summed E-state index contributed by atoms with van der Waals surface area (Å²) < 4.78 is 13.1. The molecule has 0 aromatic heterocycles. The first-order valence-electron chi connectivity index (χ1n) is 10.3. The van der Waals surface area contributed by atoms with E-state index in [1.54, 1.807) is 18.2 Å². The molecule has 5 nitrogen and oxygen atoms in total. The largest absolute Gasteiger partial charge is 0.478 e. The summed E-state index contributed by atoms with van der Waals surface area (Å²) in [7, 11) is 2.07. The minimum Gasteiger partial charge on any atom is -0.478 e. The number of halogens is 1. The van der Waals surface area contributed by atoms with Crippen LogP contribution in [-0.4, -0.2) is 35.6 Å². The summed E-state index contributed by atoms with van der Waals surface area (Å²) in [6.07, 6.45) is 5.59. The Morgan fingerprint density at radius 1 is 1.14 bits per heavy atom. The number of unbranched alkanes of at least 4 members (excludes halogenated alkanes) is 2. The average Bonchev–Trinajstić information content (AvgIpc) is 3.17. The summed E-state index contributed by atoms with van der Waals surface area (Å²) in [5.74, 6) is -1.08. The van der Waals surface area contributed by atoms with Crippen molar-refractivity contribution in [2.75, 3.05) is 13.6 Å². The number of hydrogen-bond acceptors (Lipinski definition) is 4. The second kappa shape index (κ2) is 10.5. The van der Waals surface area contributed by atoms with Crippen molar-refractivity contribution in [1.29, 1.82) is 0 Å². The van der Waals surface area contributed by atoms with Crippen molar-refractivity contribution in [2.24, 2.45) is 0 Å². The van der Waals surface area contributed by atoms with Gasteiger partial charge in [-0.2, -0.15) is 0 Å². The van der Waals surface area contributed by atoms with Crippen LogP contribution in [0.5, 0.6) is 0 Å². The Balaban J connectivity index is 1.30. The number of carbonyl (C=O) groups is 1. The van der Waals surface area contributed by atoms with Gasteiger partial charge in [-0.25, -0.2) is 9.18 Å². The molecule has 156 valence electrons. The van der Waals surface area contributed by atoms with Crippen molar-refractivity contribution in [3.05, 3.63) is 71.0 Å². The Morgan fingerprint density at radius 3 is 2.69 bits per heavy atom. The van der Waals surface area contributed by atoms with Gasteiger partial charge in [0.25, 0.3) is 0 Å². The number of nitrogens with one attached hydrogen (secondary N) is 2. The molecule has 0 spiro atoms. The molecule has 29 heavy (non-hydrogen) atoms. The molecule has 3 rings (SSSR count). The van der Waals surface area contributed by atoms with Crippen LogP contribution in [0, 0.1) is 5.82 Å². The Labute approximate surface area is 171 Å². The van der Waals surface area contributed by atoms with Crippen LogP contribution in [0.15, 0.2) is 48.5 Å². The predicted molar refractivity (Wildman–Crippen MR) is 112 cm³/mol.